The van der Waals surface area contributed by atoms with Crippen LogP contribution in [-0.4, -0.2) is 39.9 Å². The number of aromatic nitrogens is 2. The molecule has 1 atom stereocenters. The fourth-order valence-corrected chi connectivity index (χ4v) is 3.70. The average molecular weight is 340 g/mol. The molecule has 1 aliphatic heterocycles. The minimum absolute atomic E-state index is 0.00508. The van der Waals surface area contributed by atoms with Crippen molar-refractivity contribution >= 4 is 11.9 Å². The molecule has 0 bridgehead atoms. The zero-order chi connectivity index (χ0) is 17.2. The summed E-state index contributed by atoms with van der Waals surface area (Å²) >= 11 is 0. The smallest absolute Gasteiger partial charge is 0.226 e. The Bertz CT molecular complexity index is 691. The van der Waals surface area contributed by atoms with E-state index in [2.05, 4.69) is 26.7 Å². The summed E-state index contributed by atoms with van der Waals surface area (Å²) in [5.41, 5.74) is 0. The third kappa shape index (κ3) is 3.38. The Morgan fingerprint density at radius 3 is 2.52 bits per heavy atom. The zero-order valence-corrected chi connectivity index (χ0v) is 14.5. The predicted octanol–water partition coefficient (Wildman–Crippen LogP) is 3.04. The highest BCUT2D eigenvalue weighted by atomic mass is 16.3. The molecule has 4 rings (SSSR count). The van der Waals surface area contributed by atoms with E-state index >= 15 is 0 Å². The van der Waals surface area contributed by atoms with Crippen molar-refractivity contribution < 1.29 is 9.21 Å². The van der Waals surface area contributed by atoms with E-state index in [4.69, 9.17) is 4.42 Å². The van der Waals surface area contributed by atoms with E-state index in [0.29, 0.717) is 6.04 Å². The quantitative estimate of drug-likeness (QED) is 0.837. The highest BCUT2D eigenvalue weighted by Crippen LogP contribution is 2.37. The van der Waals surface area contributed by atoms with Crippen LogP contribution in [0.25, 0.3) is 0 Å². The van der Waals surface area contributed by atoms with Gasteiger partial charge in [0.2, 0.25) is 11.9 Å². The van der Waals surface area contributed by atoms with Gasteiger partial charge in [-0.15, -0.1) is 0 Å². The lowest BCUT2D eigenvalue weighted by atomic mass is 9.94. The van der Waals surface area contributed by atoms with Gasteiger partial charge in [-0.2, -0.15) is 0 Å². The molecule has 0 spiro atoms. The van der Waals surface area contributed by atoms with Crippen LogP contribution in [-0.2, 0) is 4.79 Å². The van der Waals surface area contributed by atoms with Gasteiger partial charge in [-0.1, -0.05) is 0 Å². The molecule has 1 saturated heterocycles. The zero-order valence-electron chi connectivity index (χ0n) is 14.5. The van der Waals surface area contributed by atoms with Crippen LogP contribution in [0.2, 0.25) is 0 Å². The van der Waals surface area contributed by atoms with Crippen molar-refractivity contribution in [1.82, 2.24) is 14.9 Å². The molecule has 25 heavy (non-hydrogen) atoms. The number of nitrogens with zero attached hydrogens (tertiary/aromatic N) is 4. The maximum absolute atomic E-state index is 13.2. The molecular formula is C19H24N4O2. The summed E-state index contributed by atoms with van der Waals surface area (Å²) < 4.78 is 5.55. The van der Waals surface area contributed by atoms with Gasteiger partial charge in [0.05, 0.1) is 12.3 Å². The van der Waals surface area contributed by atoms with Crippen LogP contribution in [0.5, 0.6) is 0 Å². The minimum atomic E-state index is 0.00508. The van der Waals surface area contributed by atoms with E-state index in [-0.39, 0.29) is 17.9 Å². The summed E-state index contributed by atoms with van der Waals surface area (Å²) in [5, 5.41) is 0. The summed E-state index contributed by atoms with van der Waals surface area (Å²) in [7, 11) is 0. The molecule has 2 fully saturated rings. The van der Waals surface area contributed by atoms with Crippen molar-refractivity contribution in [3.63, 3.8) is 0 Å². The summed E-state index contributed by atoms with van der Waals surface area (Å²) in [6.45, 7) is 3.73. The fraction of sp³-hybridized carbons (Fsp3) is 0.526. The molecule has 132 valence electrons. The molecule has 1 saturated carbocycles. The van der Waals surface area contributed by atoms with Gasteiger partial charge in [-0.25, -0.2) is 9.97 Å². The molecule has 0 unspecified atom stereocenters. The normalized spacial score (nSPS) is 19.6. The Balaban J connectivity index is 1.42. The molecular weight excluding hydrogens is 316 g/mol. The Hall–Kier alpha value is -2.37. The van der Waals surface area contributed by atoms with Gasteiger partial charge in [0.25, 0.3) is 0 Å². The third-order valence-corrected chi connectivity index (χ3v) is 5.25. The van der Waals surface area contributed by atoms with E-state index < -0.39 is 0 Å². The first-order chi connectivity index (χ1) is 12.2. The lowest BCUT2D eigenvalue weighted by Crippen LogP contribution is -2.44. The number of furan rings is 1. The van der Waals surface area contributed by atoms with Crippen molar-refractivity contribution in [2.75, 3.05) is 18.0 Å². The summed E-state index contributed by atoms with van der Waals surface area (Å²) in [6.07, 6.45) is 9.12. The molecule has 6 heteroatoms. The maximum Gasteiger partial charge on any atom is 0.226 e. The monoisotopic (exact) mass is 340 g/mol. The lowest BCUT2D eigenvalue weighted by molar-refractivity contribution is -0.139. The highest BCUT2D eigenvalue weighted by Gasteiger charge is 2.40. The molecule has 1 aliphatic carbocycles. The second-order valence-electron chi connectivity index (χ2n) is 6.98. The molecule has 0 aromatic carbocycles. The van der Waals surface area contributed by atoms with Gasteiger partial charge >= 0.3 is 0 Å². The molecule has 0 N–H and O–H groups in total. The summed E-state index contributed by atoms with van der Waals surface area (Å²) in [6, 6.07) is 6.06. The number of hydrogen-bond donors (Lipinski definition) is 0. The summed E-state index contributed by atoms with van der Waals surface area (Å²) in [4.78, 5) is 26.1. The van der Waals surface area contributed by atoms with Crippen molar-refractivity contribution in [1.29, 1.82) is 0 Å². The lowest BCUT2D eigenvalue weighted by Gasteiger charge is -2.36. The molecule has 6 nitrogen and oxygen atoms in total. The van der Waals surface area contributed by atoms with Crippen LogP contribution in [0.3, 0.4) is 0 Å². The van der Waals surface area contributed by atoms with Crippen molar-refractivity contribution in [3.05, 3.63) is 42.6 Å². The predicted molar refractivity (Wildman–Crippen MR) is 94.0 cm³/mol. The number of carbonyl (C=O) groups excluding carboxylic acids is 1. The van der Waals surface area contributed by atoms with Crippen LogP contribution in [0.15, 0.2) is 41.3 Å². The topological polar surface area (TPSA) is 62.5 Å². The molecule has 2 aliphatic rings. The van der Waals surface area contributed by atoms with E-state index in [1.165, 1.54) is 0 Å². The van der Waals surface area contributed by atoms with Gasteiger partial charge in [0, 0.05) is 37.4 Å². The van der Waals surface area contributed by atoms with E-state index in [0.717, 1.165) is 50.5 Å². The highest BCUT2D eigenvalue weighted by molar-refractivity contribution is 5.80. The van der Waals surface area contributed by atoms with Crippen LogP contribution >= 0.6 is 0 Å². The Labute approximate surface area is 147 Å². The summed E-state index contributed by atoms with van der Waals surface area (Å²) in [5.74, 6) is 1.99. The van der Waals surface area contributed by atoms with E-state index in [9.17, 15) is 4.79 Å². The van der Waals surface area contributed by atoms with E-state index in [1.54, 1.807) is 18.7 Å². The second-order valence-corrected chi connectivity index (χ2v) is 6.98. The SMILES string of the molecule is C[C@@H](c1ccco1)N(C(=O)C1CCN(c2ncccn2)CC1)C1CC1. The van der Waals surface area contributed by atoms with Crippen LogP contribution < -0.4 is 4.90 Å². The number of carbonyl (C=O) groups is 1. The molecule has 3 heterocycles. The maximum atomic E-state index is 13.2. The first kappa shape index (κ1) is 16.1. The van der Waals surface area contributed by atoms with E-state index in [1.807, 2.05) is 18.2 Å². The first-order valence-corrected chi connectivity index (χ1v) is 9.11. The van der Waals surface area contributed by atoms with Crippen molar-refractivity contribution in [2.24, 2.45) is 5.92 Å². The molecule has 2 aromatic rings. The number of hydrogen-bond acceptors (Lipinski definition) is 5. The minimum Gasteiger partial charge on any atom is -0.467 e. The first-order valence-electron chi connectivity index (χ1n) is 9.11. The Morgan fingerprint density at radius 1 is 1.20 bits per heavy atom. The van der Waals surface area contributed by atoms with Gasteiger partial charge in [0.1, 0.15) is 5.76 Å². The van der Waals surface area contributed by atoms with Crippen LogP contribution in [0.1, 0.15) is 44.4 Å². The van der Waals surface area contributed by atoms with Gasteiger partial charge in [-0.3, -0.25) is 4.79 Å². The van der Waals surface area contributed by atoms with Crippen LogP contribution in [0.4, 0.5) is 5.95 Å². The molecule has 2 aromatic heterocycles. The Kier molecular flexibility index (Phi) is 4.42. The largest absolute Gasteiger partial charge is 0.467 e. The molecule has 0 radical (unpaired) electrons. The molecule has 1 amide bonds. The number of rotatable bonds is 5. The van der Waals surface area contributed by atoms with Crippen LogP contribution in [0, 0.1) is 5.92 Å². The number of amides is 1. The Morgan fingerprint density at radius 2 is 1.92 bits per heavy atom. The van der Waals surface area contributed by atoms with Gasteiger partial charge < -0.3 is 14.2 Å². The average Bonchev–Trinajstić information content (AvgIpc) is 3.34. The van der Waals surface area contributed by atoms with Gasteiger partial charge in [0.15, 0.2) is 0 Å². The number of piperidine rings is 1. The number of anilines is 1. The fourth-order valence-electron chi connectivity index (χ4n) is 3.70. The van der Waals surface area contributed by atoms with Crippen molar-refractivity contribution in [2.45, 2.75) is 44.7 Å². The second kappa shape index (κ2) is 6.86. The third-order valence-electron chi connectivity index (χ3n) is 5.25. The standard InChI is InChI=1S/C19H24N4O2/c1-14(17-4-2-13-25-17)23(16-5-6-16)18(24)15-7-11-22(12-8-15)19-20-9-3-10-21-19/h2-4,9-10,13-16H,5-8,11-12H2,1H3/t14-/m0/s1. The van der Waals surface area contributed by atoms with Crippen molar-refractivity contribution in [3.8, 4) is 0 Å². The van der Waals surface area contributed by atoms with Gasteiger partial charge in [-0.05, 0) is 50.8 Å².